The third-order valence-corrected chi connectivity index (χ3v) is 2.71. The second-order valence-electron chi connectivity index (χ2n) is 3.98. The van der Waals surface area contributed by atoms with Crippen LogP contribution in [0.2, 0.25) is 0 Å². The van der Waals surface area contributed by atoms with Crippen LogP contribution in [0.1, 0.15) is 25.5 Å². The van der Waals surface area contributed by atoms with Crippen LogP contribution in [-0.4, -0.2) is 26.2 Å². The molecule has 0 aliphatic rings. The molecule has 100 valence electrons. The monoisotopic (exact) mass is 255 g/mol. The molecule has 1 N–H and O–H groups in total. The maximum absolute atomic E-state index is 13.2. The average Bonchev–Trinajstić information content (AvgIpc) is 2.38. The Morgan fingerprint density at radius 1 is 1.39 bits per heavy atom. The van der Waals surface area contributed by atoms with Crippen molar-refractivity contribution in [3.8, 4) is 5.75 Å². The van der Waals surface area contributed by atoms with E-state index >= 15 is 0 Å². The molecule has 0 amide bonds. The minimum absolute atomic E-state index is 0.0828. The summed E-state index contributed by atoms with van der Waals surface area (Å²) >= 11 is 0. The van der Waals surface area contributed by atoms with Gasteiger partial charge in [0.25, 0.3) is 0 Å². The molecule has 4 nitrogen and oxygen atoms in total. The van der Waals surface area contributed by atoms with E-state index in [1.165, 1.54) is 25.3 Å². The van der Waals surface area contributed by atoms with E-state index in [0.717, 1.165) is 0 Å². The first-order valence-corrected chi connectivity index (χ1v) is 5.70. The number of carbonyl (C=O) groups is 1. The second kappa shape index (κ2) is 6.35. The summed E-state index contributed by atoms with van der Waals surface area (Å²) in [6.45, 7) is 3.47. The van der Waals surface area contributed by atoms with Crippen LogP contribution >= 0.6 is 0 Å². The zero-order valence-electron chi connectivity index (χ0n) is 11.0. The summed E-state index contributed by atoms with van der Waals surface area (Å²) in [5.41, 5.74) is 0.660. The van der Waals surface area contributed by atoms with Gasteiger partial charge in [-0.15, -0.1) is 0 Å². The van der Waals surface area contributed by atoms with Crippen LogP contribution in [0.25, 0.3) is 0 Å². The maximum Gasteiger partial charge on any atom is 0.346 e. The largest absolute Gasteiger partial charge is 0.479 e. The highest BCUT2D eigenvalue weighted by Crippen LogP contribution is 2.26. The topological polar surface area (TPSA) is 47.6 Å². The molecule has 0 radical (unpaired) electrons. The van der Waals surface area contributed by atoms with Crippen molar-refractivity contribution in [3.63, 3.8) is 0 Å². The predicted octanol–water partition coefficient (Wildman–Crippen LogP) is 2.05. The van der Waals surface area contributed by atoms with Crippen molar-refractivity contribution in [1.29, 1.82) is 0 Å². The van der Waals surface area contributed by atoms with Crippen LogP contribution in [0.3, 0.4) is 0 Å². The lowest BCUT2D eigenvalue weighted by atomic mass is 10.1. The molecule has 0 aliphatic carbocycles. The van der Waals surface area contributed by atoms with Crippen molar-refractivity contribution in [2.45, 2.75) is 26.0 Å². The van der Waals surface area contributed by atoms with Crippen molar-refractivity contribution in [2.24, 2.45) is 0 Å². The van der Waals surface area contributed by atoms with Crippen molar-refractivity contribution < 1.29 is 18.7 Å². The molecule has 1 aromatic rings. The highest BCUT2D eigenvalue weighted by Gasteiger charge is 2.18. The molecule has 0 spiro atoms. The van der Waals surface area contributed by atoms with Gasteiger partial charge in [-0.3, -0.25) is 0 Å². The Bertz CT molecular complexity index is 423. The summed E-state index contributed by atoms with van der Waals surface area (Å²) in [5.74, 6) is -0.344. The number of carbonyl (C=O) groups excluding carboxylic acids is 1. The number of methoxy groups -OCH3 is 1. The Labute approximate surface area is 106 Å². The number of hydrogen-bond acceptors (Lipinski definition) is 4. The normalized spacial score (nSPS) is 13.8. The molecule has 0 bridgehead atoms. The van der Waals surface area contributed by atoms with E-state index in [2.05, 4.69) is 10.1 Å². The van der Waals surface area contributed by atoms with E-state index in [4.69, 9.17) is 4.74 Å². The van der Waals surface area contributed by atoms with E-state index in [1.54, 1.807) is 14.0 Å². The number of benzene rings is 1. The van der Waals surface area contributed by atoms with E-state index in [1.807, 2.05) is 6.92 Å². The van der Waals surface area contributed by atoms with Crippen LogP contribution < -0.4 is 10.1 Å². The van der Waals surface area contributed by atoms with Gasteiger partial charge in [0, 0.05) is 11.6 Å². The summed E-state index contributed by atoms with van der Waals surface area (Å²) < 4.78 is 23.3. The first kappa shape index (κ1) is 14.4. The summed E-state index contributed by atoms with van der Waals surface area (Å²) in [7, 11) is 3.06. The summed E-state index contributed by atoms with van der Waals surface area (Å²) in [5, 5.41) is 3.00. The number of halogens is 1. The lowest BCUT2D eigenvalue weighted by Gasteiger charge is -2.19. The standard InChI is InChI=1S/C13H18FNO3/c1-8(15-3)11-7-10(14)5-6-12(11)18-9(2)13(16)17-4/h5-9,15H,1-4H3. The minimum atomic E-state index is -0.733. The third-order valence-electron chi connectivity index (χ3n) is 2.71. The Balaban J connectivity index is 2.97. The van der Waals surface area contributed by atoms with E-state index in [9.17, 15) is 9.18 Å². The lowest BCUT2D eigenvalue weighted by molar-refractivity contribution is -0.147. The summed E-state index contributed by atoms with van der Waals surface area (Å²) in [6, 6.07) is 4.12. The highest BCUT2D eigenvalue weighted by molar-refractivity contribution is 5.74. The molecule has 0 fully saturated rings. The smallest absolute Gasteiger partial charge is 0.346 e. The molecule has 1 aromatic carbocycles. The van der Waals surface area contributed by atoms with Crippen molar-refractivity contribution in [1.82, 2.24) is 5.32 Å². The summed E-state index contributed by atoms with van der Waals surface area (Å²) in [6.07, 6.45) is -0.733. The SMILES string of the molecule is CNC(C)c1cc(F)ccc1OC(C)C(=O)OC. The van der Waals surface area contributed by atoms with Gasteiger partial charge in [0.15, 0.2) is 6.10 Å². The predicted molar refractivity (Wildman–Crippen MR) is 66.0 cm³/mol. The Morgan fingerprint density at radius 2 is 2.06 bits per heavy atom. The minimum Gasteiger partial charge on any atom is -0.479 e. The van der Waals surface area contributed by atoms with Gasteiger partial charge in [0.05, 0.1) is 7.11 Å². The molecule has 18 heavy (non-hydrogen) atoms. The molecular formula is C13H18FNO3. The van der Waals surface area contributed by atoms with E-state index in [-0.39, 0.29) is 11.9 Å². The number of rotatable bonds is 5. The van der Waals surface area contributed by atoms with E-state index < -0.39 is 12.1 Å². The highest BCUT2D eigenvalue weighted by atomic mass is 19.1. The molecular weight excluding hydrogens is 237 g/mol. The molecule has 1 rings (SSSR count). The van der Waals surface area contributed by atoms with Gasteiger partial charge in [-0.2, -0.15) is 0 Å². The van der Waals surface area contributed by atoms with Gasteiger partial charge in [0.2, 0.25) is 0 Å². The lowest BCUT2D eigenvalue weighted by Crippen LogP contribution is -2.26. The van der Waals surface area contributed by atoms with Gasteiger partial charge < -0.3 is 14.8 Å². The van der Waals surface area contributed by atoms with Crippen LogP contribution in [0.5, 0.6) is 5.75 Å². The molecule has 0 aliphatic heterocycles. The number of hydrogen-bond donors (Lipinski definition) is 1. The zero-order chi connectivity index (χ0) is 13.7. The molecule has 0 saturated carbocycles. The molecule has 0 saturated heterocycles. The molecule has 5 heteroatoms. The van der Waals surface area contributed by atoms with Gasteiger partial charge in [-0.25, -0.2) is 9.18 Å². The molecule has 2 unspecified atom stereocenters. The van der Waals surface area contributed by atoms with E-state index in [0.29, 0.717) is 11.3 Å². The van der Waals surface area contributed by atoms with Gasteiger partial charge in [-0.1, -0.05) is 0 Å². The van der Waals surface area contributed by atoms with Gasteiger partial charge in [-0.05, 0) is 39.1 Å². The maximum atomic E-state index is 13.2. The number of ether oxygens (including phenoxy) is 2. The molecule has 2 atom stereocenters. The van der Waals surface area contributed by atoms with Crippen LogP contribution in [0, 0.1) is 5.82 Å². The zero-order valence-corrected chi connectivity index (χ0v) is 11.0. The molecule has 0 heterocycles. The third kappa shape index (κ3) is 3.43. The molecule has 0 aromatic heterocycles. The van der Waals surface area contributed by atoms with Gasteiger partial charge in [0.1, 0.15) is 11.6 Å². The first-order chi connectivity index (χ1) is 8.49. The van der Waals surface area contributed by atoms with Crippen LogP contribution in [0.4, 0.5) is 4.39 Å². The Morgan fingerprint density at radius 3 is 2.61 bits per heavy atom. The number of nitrogens with one attached hydrogen (secondary N) is 1. The average molecular weight is 255 g/mol. The Hall–Kier alpha value is -1.62. The van der Waals surface area contributed by atoms with Gasteiger partial charge >= 0.3 is 5.97 Å². The quantitative estimate of drug-likeness (QED) is 0.818. The second-order valence-corrected chi connectivity index (χ2v) is 3.98. The Kier molecular flexibility index (Phi) is 5.09. The van der Waals surface area contributed by atoms with Crippen molar-refractivity contribution >= 4 is 5.97 Å². The summed E-state index contributed by atoms with van der Waals surface area (Å²) in [4.78, 5) is 11.3. The first-order valence-electron chi connectivity index (χ1n) is 5.70. The van der Waals surface area contributed by atoms with Crippen LogP contribution in [-0.2, 0) is 9.53 Å². The van der Waals surface area contributed by atoms with Crippen molar-refractivity contribution in [3.05, 3.63) is 29.6 Å². The fourth-order valence-electron chi connectivity index (χ4n) is 1.53. The van der Waals surface area contributed by atoms with Crippen LogP contribution in [0.15, 0.2) is 18.2 Å². The number of esters is 1. The van der Waals surface area contributed by atoms with Crippen molar-refractivity contribution in [2.75, 3.05) is 14.2 Å². The fourth-order valence-corrected chi connectivity index (χ4v) is 1.53. The fraction of sp³-hybridized carbons (Fsp3) is 0.462.